The highest BCUT2D eigenvalue weighted by molar-refractivity contribution is 7.91. The van der Waals surface area contributed by atoms with Crippen LogP contribution in [0.3, 0.4) is 0 Å². The zero-order chi connectivity index (χ0) is 10.9. The van der Waals surface area contributed by atoms with E-state index in [1.54, 1.807) is 0 Å². The van der Waals surface area contributed by atoms with Gasteiger partial charge in [-0.3, -0.25) is 4.79 Å². The molecule has 0 bridgehead atoms. The highest BCUT2D eigenvalue weighted by Crippen LogP contribution is 2.30. The van der Waals surface area contributed by atoms with E-state index in [-0.39, 0.29) is 23.3 Å². The van der Waals surface area contributed by atoms with Crippen LogP contribution in [0.5, 0.6) is 0 Å². The summed E-state index contributed by atoms with van der Waals surface area (Å²) in [7, 11) is -2.82. The van der Waals surface area contributed by atoms with Crippen LogP contribution in [-0.2, 0) is 14.6 Å². The number of rotatable bonds is 3. The SMILES string of the molecule is O=C(CC1CCS(=O)(=O)C1)C1CCCC1. The van der Waals surface area contributed by atoms with Crippen molar-refractivity contribution >= 4 is 15.6 Å². The van der Waals surface area contributed by atoms with Gasteiger partial charge < -0.3 is 0 Å². The minimum absolute atomic E-state index is 0.114. The van der Waals surface area contributed by atoms with Gasteiger partial charge in [-0.1, -0.05) is 12.8 Å². The van der Waals surface area contributed by atoms with E-state index in [1.807, 2.05) is 0 Å². The van der Waals surface area contributed by atoms with Gasteiger partial charge in [-0.05, 0) is 25.2 Å². The molecule has 0 aromatic heterocycles. The molecule has 0 N–H and O–H groups in total. The van der Waals surface area contributed by atoms with Gasteiger partial charge in [0.15, 0.2) is 9.84 Å². The number of sulfone groups is 1. The lowest BCUT2D eigenvalue weighted by Gasteiger charge is -2.10. The van der Waals surface area contributed by atoms with Crippen LogP contribution < -0.4 is 0 Å². The first-order valence-electron chi connectivity index (χ1n) is 5.80. The molecule has 3 nitrogen and oxygen atoms in total. The molecule has 0 aromatic carbocycles. The van der Waals surface area contributed by atoms with Crippen molar-refractivity contribution in [1.29, 1.82) is 0 Å². The lowest BCUT2D eigenvalue weighted by Crippen LogP contribution is -2.16. The van der Waals surface area contributed by atoms with Gasteiger partial charge >= 0.3 is 0 Å². The molecule has 1 aliphatic heterocycles. The Labute approximate surface area is 91.2 Å². The lowest BCUT2D eigenvalue weighted by molar-refractivity contribution is -0.123. The van der Waals surface area contributed by atoms with Crippen LogP contribution in [0.1, 0.15) is 38.5 Å². The molecule has 1 heterocycles. The standard InChI is InChI=1S/C11H18O3S/c12-11(10-3-1-2-4-10)7-9-5-6-15(13,14)8-9/h9-10H,1-8H2. The fraction of sp³-hybridized carbons (Fsp3) is 0.909. The predicted molar refractivity (Wildman–Crippen MR) is 58.3 cm³/mol. The van der Waals surface area contributed by atoms with Gasteiger partial charge in [0.1, 0.15) is 5.78 Å². The van der Waals surface area contributed by atoms with Crippen molar-refractivity contribution < 1.29 is 13.2 Å². The number of hydrogen-bond acceptors (Lipinski definition) is 3. The summed E-state index contributed by atoms with van der Waals surface area (Å²) in [6.07, 6.45) is 5.58. The van der Waals surface area contributed by atoms with Gasteiger partial charge in [-0.15, -0.1) is 0 Å². The number of hydrogen-bond donors (Lipinski definition) is 0. The Balaban J connectivity index is 1.85. The zero-order valence-electron chi connectivity index (χ0n) is 8.94. The number of carbonyl (C=O) groups excluding carboxylic acids is 1. The van der Waals surface area contributed by atoms with Crippen LogP contribution in [0.2, 0.25) is 0 Å². The Bertz CT molecular complexity index is 339. The van der Waals surface area contributed by atoms with Crippen molar-refractivity contribution in [2.24, 2.45) is 11.8 Å². The van der Waals surface area contributed by atoms with Gasteiger partial charge in [-0.2, -0.15) is 0 Å². The van der Waals surface area contributed by atoms with E-state index in [1.165, 1.54) is 12.8 Å². The highest BCUT2D eigenvalue weighted by atomic mass is 32.2. The van der Waals surface area contributed by atoms with Crippen molar-refractivity contribution in [3.05, 3.63) is 0 Å². The maximum Gasteiger partial charge on any atom is 0.150 e. The van der Waals surface area contributed by atoms with Crippen molar-refractivity contribution in [2.75, 3.05) is 11.5 Å². The summed E-state index contributed by atoms with van der Waals surface area (Å²) >= 11 is 0. The van der Waals surface area contributed by atoms with Crippen LogP contribution in [0, 0.1) is 11.8 Å². The zero-order valence-corrected chi connectivity index (χ0v) is 9.76. The maximum atomic E-state index is 11.8. The number of ketones is 1. The fourth-order valence-corrected chi connectivity index (χ4v) is 4.59. The predicted octanol–water partition coefficient (Wildman–Crippen LogP) is 1.57. The van der Waals surface area contributed by atoms with E-state index in [9.17, 15) is 13.2 Å². The molecule has 2 fully saturated rings. The highest BCUT2D eigenvalue weighted by Gasteiger charge is 2.31. The topological polar surface area (TPSA) is 51.2 Å². The van der Waals surface area contributed by atoms with E-state index >= 15 is 0 Å². The second-order valence-corrected chi connectivity index (χ2v) is 7.15. The molecule has 0 radical (unpaired) electrons. The summed E-state index contributed by atoms with van der Waals surface area (Å²) in [6, 6.07) is 0. The third kappa shape index (κ3) is 2.80. The molecule has 0 spiro atoms. The molecule has 2 aliphatic rings. The van der Waals surface area contributed by atoms with Crippen LogP contribution >= 0.6 is 0 Å². The molecule has 0 aromatic rings. The van der Waals surface area contributed by atoms with Gasteiger partial charge in [0.05, 0.1) is 11.5 Å². The molecule has 15 heavy (non-hydrogen) atoms. The molecular formula is C11H18O3S. The maximum absolute atomic E-state index is 11.8. The van der Waals surface area contributed by atoms with Gasteiger partial charge in [-0.25, -0.2) is 8.42 Å². The Morgan fingerprint density at radius 1 is 1.13 bits per heavy atom. The van der Waals surface area contributed by atoms with Crippen molar-refractivity contribution in [2.45, 2.75) is 38.5 Å². The molecule has 1 unspecified atom stereocenters. The molecule has 2 rings (SSSR count). The average Bonchev–Trinajstić information content (AvgIpc) is 2.74. The van der Waals surface area contributed by atoms with Crippen LogP contribution in [0.25, 0.3) is 0 Å². The Morgan fingerprint density at radius 2 is 1.80 bits per heavy atom. The monoisotopic (exact) mass is 230 g/mol. The van der Waals surface area contributed by atoms with Gasteiger partial charge in [0.25, 0.3) is 0 Å². The largest absolute Gasteiger partial charge is 0.299 e. The first kappa shape index (κ1) is 11.1. The quantitative estimate of drug-likeness (QED) is 0.739. The minimum Gasteiger partial charge on any atom is -0.299 e. The lowest BCUT2D eigenvalue weighted by atomic mass is 9.93. The van der Waals surface area contributed by atoms with Crippen LogP contribution in [0.15, 0.2) is 0 Å². The fourth-order valence-electron chi connectivity index (χ4n) is 2.73. The molecule has 0 amide bonds. The summed E-state index contributed by atoms with van der Waals surface area (Å²) in [4.78, 5) is 11.8. The van der Waals surface area contributed by atoms with E-state index in [0.717, 1.165) is 12.8 Å². The van der Waals surface area contributed by atoms with Crippen LogP contribution in [0.4, 0.5) is 0 Å². The van der Waals surface area contributed by atoms with Crippen molar-refractivity contribution in [3.63, 3.8) is 0 Å². The Morgan fingerprint density at radius 3 is 2.33 bits per heavy atom. The average molecular weight is 230 g/mol. The Hall–Kier alpha value is -0.380. The second-order valence-electron chi connectivity index (χ2n) is 4.92. The molecule has 4 heteroatoms. The first-order valence-corrected chi connectivity index (χ1v) is 7.62. The Kier molecular flexibility index (Phi) is 3.14. The van der Waals surface area contributed by atoms with E-state index in [2.05, 4.69) is 0 Å². The first-order chi connectivity index (χ1) is 7.07. The molecule has 86 valence electrons. The molecule has 1 saturated heterocycles. The third-order valence-corrected chi connectivity index (χ3v) is 5.46. The summed E-state index contributed by atoms with van der Waals surface area (Å²) in [5.74, 6) is 1.20. The van der Waals surface area contributed by atoms with Gasteiger partial charge in [0.2, 0.25) is 0 Å². The normalized spacial score (nSPS) is 30.8. The van der Waals surface area contributed by atoms with E-state index < -0.39 is 9.84 Å². The third-order valence-electron chi connectivity index (χ3n) is 3.63. The minimum atomic E-state index is -2.82. The van der Waals surface area contributed by atoms with Crippen molar-refractivity contribution in [3.8, 4) is 0 Å². The van der Waals surface area contributed by atoms with E-state index in [0.29, 0.717) is 18.6 Å². The molecule has 1 saturated carbocycles. The van der Waals surface area contributed by atoms with E-state index in [4.69, 9.17) is 0 Å². The summed E-state index contributed by atoms with van der Waals surface area (Å²) in [5.41, 5.74) is 0. The number of Topliss-reactive ketones (excluding diaryl/α,β-unsaturated/α-hetero) is 1. The number of carbonyl (C=O) groups is 1. The summed E-state index contributed by atoms with van der Waals surface area (Å²) < 4.78 is 22.5. The van der Waals surface area contributed by atoms with Crippen molar-refractivity contribution in [1.82, 2.24) is 0 Å². The van der Waals surface area contributed by atoms with Crippen LogP contribution in [-0.4, -0.2) is 25.7 Å². The molecule has 1 atom stereocenters. The summed E-state index contributed by atoms with van der Waals surface area (Å²) in [6.45, 7) is 0. The second kappa shape index (κ2) is 4.24. The summed E-state index contributed by atoms with van der Waals surface area (Å²) in [5, 5.41) is 0. The molecular weight excluding hydrogens is 212 g/mol. The smallest absolute Gasteiger partial charge is 0.150 e. The van der Waals surface area contributed by atoms with Gasteiger partial charge in [0, 0.05) is 12.3 Å². The molecule has 1 aliphatic carbocycles.